The average Bonchev–Trinajstić information content (AvgIpc) is 2.52. The minimum Gasteiger partial charge on any atom is -0.250 e. The molecule has 0 spiro atoms. The highest BCUT2D eigenvalue weighted by Gasteiger charge is 2.02. The zero-order valence-corrected chi connectivity index (χ0v) is 7.20. The molecule has 1 aromatic rings. The highest BCUT2D eigenvalue weighted by Crippen LogP contribution is 2.11. The largest absolute Gasteiger partial charge is 0.250 e. The van der Waals surface area contributed by atoms with Crippen molar-refractivity contribution in [3.8, 4) is 0 Å². The Balaban J connectivity index is 2.36. The van der Waals surface area contributed by atoms with Crippen LogP contribution in [0.1, 0.15) is 39.2 Å². The first-order chi connectivity index (χ1) is 5.34. The minimum absolute atomic E-state index is 0.498. The molecular formula is C8H15N3. The summed E-state index contributed by atoms with van der Waals surface area (Å²) >= 11 is 0. The number of hydrogen-bond acceptors (Lipinski definition) is 2. The fourth-order valence-corrected chi connectivity index (χ4v) is 1.08. The second-order valence-corrected chi connectivity index (χ2v) is 2.87. The molecule has 1 heterocycles. The van der Waals surface area contributed by atoms with Gasteiger partial charge in [0, 0.05) is 0 Å². The van der Waals surface area contributed by atoms with Gasteiger partial charge in [-0.3, -0.25) is 4.68 Å². The van der Waals surface area contributed by atoms with Crippen LogP contribution in [0, 0.1) is 0 Å². The van der Waals surface area contributed by atoms with Crippen LogP contribution in [-0.4, -0.2) is 14.8 Å². The lowest BCUT2D eigenvalue weighted by molar-refractivity contribution is 0.443. The molecule has 3 nitrogen and oxygen atoms in total. The van der Waals surface area contributed by atoms with Crippen molar-refractivity contribution < 1.29 is 0 Å². The number of nitrogens with zero attached hydrogens (tertiary/aromatic N) is 3. The summed E-state index contributed by atoms with van der Waals surface area (Å²) in [5.74, 6) is 0. The minimum atomic E-state index is 0.498. The molecule has 0 amide bonds. The summed E-state index contributed by atoms with van der Waals surface area (Å²) in [7, 11) is 0. The highest BCUT2D eigenvalue weighted by atomic mass is 15.3. The number of unbranched alkanes of at least 4 members (excludes halogenated alkanes) is 1. The number of hydrogen-bond donors (Lipinski definition) is 0. The van der Waals surface area contributed by atoms with Crippen molar-refractivity contribution in [2.75, 3.05) is 0 Å². The van der Waals surface area contributed by atoms with Gasteiger partial charge in [0.1, 0.15) is 12.7 Å². The molecule has 0 saturated carbocycles. The lowest BCUT2D eigenvalue weighted by Gasteiger charge is -2.09. The molecule has 0 aliphatic carbocycles. The normalized spacial score (nSPS) is 13.3. The van der Waals surface area contributed by atoms with E-state index in [2.05, 4.69) is 23.9 Å². The van der Waals surface area contributed by atoms with E-state index in [1.54, 1.807) is 12.7 Å². The Bertz CT molecular complexity index is 181. The summed E-state index contributed by atoms with van der Waals surface area (Å²) in [5, 5.41) is 4.07. The van der Waals surface area contributed by atoms with E-state index in [4.69, 9.17) is 0 Å². The van der Waals surface area contributed by atoms with Gasteiger partial charge >= 0.3 is 0 Å². The SMILES string of the molecule is CCCCC(C)n1cncn1. The van der Waals surface area contributed by atoms with Gasteiger partial charge in [0.15, 0.2) is 0 Å². The summed E-state index contributed by atoms with van der Waals surface area (Å²) in [6, 6.07) is 0.498. The second-order valence-electron chi connectivity index (χ2n) is 2.87. The summed E-state index contributed by atoms with van der Waals surface area (Å²) < 4.78 is 1.91. The average molecular weight is 153 g/mol. The van der Waals surface area contributed by atoms with Gasteiger partial charge in [-0.05, 0) is 13.3 Å². The van der Waals surface area contributed by atoms with E-state index < -0.39 is 0 Å². The predicted molar refractivity (Wildman–Crippen MR) is 44.3 cm³/mol. The van der Waals surface area contributed by atoms with Crippen molar-refractivity contribution in [3.63, 3.8) is 0 Å². The third kappa shape index (κ3) is 2.33. The zero-order valence-electron chi connectivity index (χ0n) is 7.20. The molecule has 0 aliphatic rings. The van der Waals surface area contributed by atoms with Crippen LogP contribution in [0.5, 0.6) is 0 Å². The maximum atomic E-state index is 4.07. The summed E-state index contributed by atoms with van der Waals surface area (Å²) in [5.41, 5.74) is 0. The first kappa shape index (κ1) is 8.24. The lowest BCUT2D eigenvalue weighted by Crippen LogP contribution is -2.04. The maximum Gasteiger partial charge on any atom is 0.137 e. The maximum absolute atomic E-state index is 4.07. The van der Waals surface area contributed by atoms with Crippen molar-refractivity contribution in [2.24, 2.45) is 0 Å². The van der Waals surface area contributed by atoms with Gasteiger partial charge in [-0.15, -0.1) is 0 Å². The quantitative estimate of drug-likeness (QED) is 0.662. The number of aromatic nitrogens is 3. The van der Waals surface area contributed by atoms with Gasteiger partial charge in [0.25, 0.3) is 0 Å². The van der Waals surface area contributed by atoms with Crippen LogP contribution in [-0.2, 0) is 0 Å². The van der Waals surface area contributed by atoms with Crippen LogP contribution in [0.15, 0.2) is 12.7 Å². The molecule has 3 heteroatoms. The van der Waals surface area contributed by atoms with Crippen LogP contribution in [0.25, 0.3) is 0 Å². The molecule has 62 valence electrons. The Morgan fingerprint density at radius 1 is 1.55 bits per heavy atom. The molecule has 0 aliphatic heterocycles. The van der Waals surface area contributed by atoms with E-state index in [0.717, 1.165) is 0 Å². The number of rotatable bonds is 4. The van der Waals surface area contributed by atoms with Crippen LogP contribution >= 0.6 is 0 Å². The molecule has 0 saturated heterocycles. The Labute approximate surface area is 67.4 Å². The topological polar surface area (TPSA) is 30.7 Å². The first-order valence-electron chi connectivity index (χ1n) is 4.18. The Hall–Kier alpha value is -0.860. The fraction of sp³-hybridized carbons (Fsp3) is 0.750. The third-order valence-electron chi connectivity index (χ3n) is 1.86. The molecule has 0 radical (unpaired) electrons. The molecule has 1 aromatic heterocycles. The molecule has 1 unspecified atom stereocenters. The van der Waals surface area contributed by atoms with Crippen LogP contribution < -0.4 is 0 Å². The van der Waals surface area contributed by atoms with E-state index in [9.17, 15) is 0 Å². The summed E-state index contributed by atoms with van der Waals surface area (Å²) in [4.78, 5) is 3.90. The standard InChI is InChI=1S/C8H15N3/c1-3-4-5-8(2)11-7-9-6-10-11/h6-8H,3-5H2,1-2H3. The highest BCUT2D eigenvalue weighted by molar-refractivity contribution is 4.64. The second kappa shape index (κ2) is 4.11. The summed E-state index contributed by atoms with van der Waals surface area (Å²) in [6.45, 7) is 4.37. The van der Waals surface area contributed by atoms with Gasteiger partial charge < -0.3 is 0 Å². The lowest BCUT2D eigenvalue weighted by atomic mass is 10.1. The fourth-order valence-electron chi connectivity index (χ4n) is 1.08. The van der Waals surface area contributed by atoms with Gasteiger partial charge in [-0.25, -0.2) is 4.98 Å². The molecule has 1 rings (SSSR count). The van der Waals surface area contributed by atoms with E-state index >= 15 is 0 Å². The van der Waals surface area contributed by atoms with E-state index in [-0.39, 0.29) is 0 Å². The molecule has 11 heavy (non-hydrogen) atoms. The molecule has 0 fully saturated rings. The molecule has 0 bridgehead atoms. The smallest absolute Gasteiger partial charge is 0.137 e. The van der Waals surface area contributed by atoms with Gasteiger partial charge in [0.2, 0.25) is 0 Å². The molecule has 1 atom stereocenters. The third-order valence-corrected chi connectivity index (χ3v) is 1.86. The molecule has 0 N–H and O–H groups in total. The van der Waals surface area contributed by atoms with E-state index in [1.807, 2.05) is 4.68 Å². The van der Waals surface area contributed by atoms with Crippen LogP contribution in [0.2, 0.25) is 0 Å². The van der Waals surface area contributed by atoms with Crippen LogP contribution in [0.4, 0.5) is 0 Å². The summed E-state index contributed by atoms with van der Waals surface area (Å²) in [6.07, 6.45) is 7.07. The van der Waals surface area contributed by atoms with E-state index in [1.165, 1.54) is 19.3 Å². The predicted octanol–water partition coefficient (Wildman–Crippen LogP) is 2.03. The Morgan fingerprint density at radius 3 is 2.91 bits per heavy atom. The van der Waals surface area contributed by atoms with Crippen molar-refractivity contribution in [2.45, 2.75) is 39.2 Å². The molecular weight excluding hydrogens is 138 g/mol. The monoisotopic (exact) mass is 153 g/mol. The molecule has 0 aromatic carbocycles. The van der Waals surface area contributed by atoms with Gasteiger partial charge in [-0.1, -0.05) is 19.8 Å². The van der Waals surface area contributed by atoms with Gasteiger partial charge in [0.05, 0.1) is 6.04 Å². The van der Waals surface area contributed by atoms with Crippen molar-refractivity contribution in [3.05, 3.63) is 12.7 Å². The Morgan fingerprint density at radius 2 is 2.36 bits per heavy atom. The van der Waals surface area contributed by atoms with Gasteiger partial charge in [-0.2, -0.15) is 5.10 Å². The van der Waals surface area contributed by atoms with Crippen molar-refractivity contribution >= 4 is 0 Å². The Kier molecular flexibility index (Phi) is 3.08. The zero-order chi connectivity index (χ0) is 8.10. The first-order valence-corrected chi connectivity index (χ1v) is 4.18. The van der Waals surface area contributed by atoms with Crippen molar-refractivity contribution in [1.82, 2.24) is 14.8 Å². The van der Waals surface area contributed by atoms with Crippen molar-refractivity contribution in [1.29, 1.82) is 0 Å². The van der Waals surface area contributed by atoms with Crippen LogP contribution in [0.3, 0.4) is 0 Å². The van der Waals surface area contributed by atoms with E-state index in [0.29, 0.717) is 6.04 Å².